The summed E-state index contributed by atoms with van der Waals surface area (Å²) in [5.74, 6) is 0.676. The minimum Gasteiger partial charge on any atom is -0.508 e. The van der Waals surface area contributed by atoms with Crippen LogP contribution in [0.4, 0.5) is 5.69 Å². The molecule has 0 amide bonds. The van der Waals surface area contributed by atoms with Crippen LogP contribution in [0.25, 0.3) is 0 Å². The van der Waals surface area contributed by atoms with E-state index < -0.39 is 10.1 Å². The molecule has 1 aromatic carbocycles. The van der Waals surface area contributed by atoms with Crippen molar-refractivity contribution in [3.63, 3.8) is 0 Å². The molecule has 0 spiro atoms. The fourth-order valence-electron chi connectivity index (χ4n) is 2.08. The Bertz CT molecular complexity index is 543. The van der Waals surface area contributed by atoms with Crippen LogP contribution in [0.5, 0.6) is 11.5 Å². The van der Waals surface area contributed by atoms with Crippen molar-refractivity contribution in [1.82, 2.24) is 0 Å². The topological polar surface area (TPSA) is 87.1 Å². The number of unbranched alkanes of at least 4 members (excludes halogenated alkanes) is 1. The number of hydrogen-bond donors (Lipinski definition) is 2. The van der Waals surface area contributed by atoms with Crippen molar-refractivity contribution in [2.45, 2.75) is 12.8 Å². The first-order valence-electron chi connectivity index (χ1n) is 6.12. The molecule has 0 fully saturated rings. The summed E-state index contributed by atoms with van der Waals surface area (Å²) in [6.07, 6.45) is 1.05. The quantitative estimate of drug-likeness (QED) is 0.626. The average molecular weight is 287 g/mol. The van der Waals surface area contributed by atoms with Crippen molar-refractivity contribution in [3.8, 4) is 11.5 Å². The van der Waals surface area contributed by atoms with Gasteiger partial charge in [0, 0.05) is 12.6 Å². The molecule has 1 aromatic rings. The lowest BCUT2D eigenvalue weighted by atomic mass is 10.2. The SMILES string of the molecule is O=S(=O)(O)CCCCN1CCOc2ccc(O)cc21. The van der Waals surface area contributed by atoms with Gasteiger partial charge >= 0.3 is 0 Å². The monoisotopic (exact) mass is 287 g/mol. The van der Waals surface area contributed by atoms with Crippen LogP contribution in [0.1, 0.15) is 12.8 Å². The average Bonchev–Trinajstić information content (AvgIpc) is 2.33. The molecule has 0 aliphatic carbocycles. The Kier molecular flexibility index (Phi) is 4.16. The van der Waals surface area contributed by atoms with Gasteiger partial charge < -0.3 is 14.7 Å². The molecular formula is C12H17NO5S. The van der Waals surface area contributed by atoms with E-state index in [0.29, 0.717) is 32.5 Å². The maximum atomic E-state index is 10.6. The van der Waals surface area contributed by atoms with Crippen LogP contribution in [0, 0.1) is 0 Å². The lowest BCUT2D eigenvalue weighted by Gasteiger charge is -2.31. The Labute approximate surface area is 112 Å². The highest BCUT2D eigenvalue weighted by molar-refractivity contribution is 7.85. The van der Waals surface area contributed by atoms with E-state index in [9.17, 15) is 13.5 Å². The number of phenolic OH excluding ortho intramolecular Hbond substituents is 1. The summed E-state index contributed by atoms with van der Waals surface area (Å²) in [5.41, 5.74) is 0.818. The molecule has 6 nitrogen and oxygen atoms in total. The van der Waals surface area contributed by atoms with E-state index in [-0.39, 0.29) is 11.5 Å². The number of aromatic hydroxyl groups is 1. The van der Waals surface area contributed by atoms with Crippen LogP contribution in [0.3, 0.4) is 0 Å². The molecule has 0 aromatic heterocycles. The largest absolute Gasteiger partial charge is 0.508 e. The van der Waals surface area contributed by atoms with Crippen LogP contribution >= 0.6 is 0 Å². The second kappa shape index (κ2) is 5.66. The van der Waals surface area contributed by atoms with Gasteiger partial charge in [-0.1, -0.05) is 0 Å². The van der Waals surface area contributed by atoms with E-state index in [2.05, 4.69) is 0 Å². The first-order chi connectivity index (χ1) is 8.96. The molecule has 19 heavy (non-hydrogen) atoms. The molecule has 0 bridgehead atoms. The second-order valence-corrected chi connectivity index (χ2v) is 6.05. The van der Waals surface area contributed by atoms with Crippen molar-refractivity contribution in [2.24, 2.45) is 0 Å². The molecule has 0 radical (unpaired) electrons. The van der Waals surface area contributed by atoms with E-state index in [1.807, 2.05) is 4.90 Å². The third-order valence-corrected chi connectivity index (χ3v) is 3.79. The second-order valence-electron chi connectivity index (χ2n) is 4.48. The number of ether oxygens (including phenoxy) is 1. The first kappa shape index (κ1) is 14.0. The highest BCUT2D eigenvalue weighted by atomic mass is 32.2. The predicted octanol–water partition coefficient (Wildman–Crippen LogP) is 1.26. The van der Waals surface area contributed by atoms with E-state index in [4.69, 9.17) is 9.29 Å². The molecule has 0 atom stereocenters. The minimum atomic E-state index is -3.88. The summed E-state index contributed by atoms with van der Waals surface area (Å²) >= 11 is 0. The Hall–Kier alpha value is -1.47. The molecule has 2 N–H and O–H groups in total. The van der Waals surface area contributed by atoms with Gasteiger partial charge in [0.15, 0.2) is 0 Å². The van der Waals surface area contributed by atoms with Gasteiger partial charge in [0.2, 0.25) is 0 Å². The molecule has 2 rings (SSSR count). The van der Waals surface area contributed by atoms with Crippen LogP contribution in [-0.4, -0.2) is 43.5 Å². The maximum absolute atomic E-state index is 10.6. The van der Waals surface area contributed by atoms with Crippen molar-refractivity contribution in [3.05, 3.63) is 18.2 Å². The maximum Gasteiger partial charge on any atom is 0.264 e. The molecule has 0 unspecified atom stereocenters. The van der Waals surface area contributed by atoms with Crippen molar-refractivity contribution < 1.29 is 22.8 Å². The summed E-state index contributed by atoms with van der Waals surface area (Å²) in [5, 5.41) is 9.49. The molecule has 0 saturated heterocycles. The molecule has 7 heteroatoms. The lowest BCUT2D eigenvalue weighted by Crippen LogP contribution is -2.33. The smallest absolute Gasteiger partial charge is 0.264 e. The zero-order chi connectivity index (χ0) is 13.9. The van der Waals surface area contributed by atoms with Gasteiger partial charge in [-0.05, 0) is 25.0 Å². The third-order valence-electron chi connectivity index (χ3n) is 2.98. The molecule has 106 valence electrons. The van der Waals surface area contributed by atoms with Gasteiger partial charge in [0.25, 0.3) is 10.1 Å². The summed E-state index contributed by atoms with van der Waals surface area (Å²) in [4.78, 5) is 2.04. The van der Waals surface area contributed by atoms with E-state index in [0.717, 1.165) is 11.4 Å². The zero-order valence-corrected chi connectivity index (χ0v) is 11.3. The van der Waals surface area contributed by atoms with Crippen molar-refractivity contribution in [1.29, 1.82) is 0 Å². The van der Waals surface area contributed by atoms with Gasteiger partial charge in [-0.3, -0.25) is 4.55 Å². The Balaban J connectivity index is 1.94. The van der Waals surface area contributed by atoms with E-state index in [1.54, 1.807) is 18.2 Å². The molecule has 0 saturated carbocycles. The zero-order valence-electron chi connectivity index (χ0n) is 10.4. The van der Waals surface area contributed by atoms with Crippen LogP contribution in [0.15, 0.2) is 18.2 Å². The third kappa shape index (κ3) is 4.00. The summed E-state index contributed by atoms with van der Waals surface area (Å²) in [6.45, 7) is 1.92. The van der Waals surface area contributed by atoms with E-state index in [1.165, 1.54) is 0 Å². The van der Waals surface area contributed by atoms with Gasteiger partial charge in [0.05, 0.1) is 18.0 Å². The molecule has 1 aliphatic rings. The fourth-order valence-corrected chi connectivity index (χ4v) is 2.65. The van der Waals surface area contributed by atoms with Crippen LogP contribution in [0.2, 0.25) is 0 Å². The number of rotatable bonds is 5. The number of phenols is 1. The fraction of sp³-hybridized carbons (Fsp3) is 0.500. The van der Waals surface area contributed by atoms with E-state index >= 15 is 0 Å². The standard InChI is InChI=1S/C12H17NO5S/c14-10-3-4-12-11(9-10)13(6-7-18-12)5-1-2-8-19(15,16)17/h3-4,9,14H,1-2,5-8H2,(H,15,16,17). The van der Waals surface area contributed by atoms with Crippen molar-refractivity contribution >= 4 is 15.8 Å². The summed E-state index contributed by atoms with van der Waals surface area (Å²) < 4.78 is 35.4. The number of benzene rings is 1. The Morgan fingerprint density at radius 2 is 2.11 bits per heavy atom. The van der Waals surface area contributed by atoms with Gasteiger partial charge in [-0.15, -0.1) is 0 Å². The van der Waals surface area contributed by atoms with Crippen molar-refractivity contribution in [2.75, 3.05) is 30.3 Å². The predicted molar refractivity (Wildman–Crippen MR) is 71.5 cm³/mol. The minimum absolute atomic E-state index is 0.173. The Morgan fingerprint density at radius 3 is 2.84 bits per heavy atom. The lowest BCUT2D eigenvalue weighted by molar-refractivity contribution is 0.306. The molecule has 1 heterocycles. The summed E-state index contributed by atoms with van der Waals surface area (Å²) in [7, 11) is -3.88. The number of anilines is 1. The summed E-state index contributed by atoms with van der Waals surface area (Å²) in [6, 6.07) is 4.92. The highest BCUT2D eigenvalue weighted by Gasteiger charge is 2.18. The first-order valence-corrected chi connectivity index (χ1v) is 7.72. The molecular weight excluding hydrogens is 270 g/mol. The normalized spacial score (nSPS) is 14.9. The van der Waals surface area contributed by atoms with Crippen LogP contribution in [-0.2, 0) is 10.1 Å². The van der Waals surface area contributed by atoms with Gasteiger partial charge in [-0.2, -0.15) is 8.42 Å². The number of hydrogen-bond acceptors (Lipinski definition) is 5. The number of fused-ring (bicyclic) bond motifs is 1. The van der Waals surface area contributed by atoms with Gasteiger partial charge in [0.1, 0.15) is 18.1 Å². The van der Waals surface area contributed by atoms with Crippen LogP contribution < -0.4 is 9.64 Å². The highest BCUT2D eigenvalue weighted by Crippen LogP contribution is 2.34. The molecule has 1 aliphatic heterocycles. The Morgan fingerprint density at radius 1 is 1.32 bits per heavy atom. The van der Waals surface area contributed by atoms with Gasteiger partial charge in [-0.25, -0.2) is 0 Å². The number of nitrogens with zero attached hydrogens (tertiary/aromatic N) is 1.